The zero-order valence-corrected chi connectivity index (χ0v) is 13.1. The Labute approximate surface area is 139 Å². The van der Waals surface area contributed by atoms with Crippen LogP contribution in [0.5, 0.6) is 11.5 Å². The van der Waals surface area contributed by atoms with Crippen molar-refractivity contribution in [1.29, 1.82) is 0 Å². The fourth-order valence-electron chi connectivity index (χ4n) is 3.13. The summed E-state index contributed by atoms with van der Waals surface area (Å²) in [5.74, 6) is 0.805. The van der Waals surface area contributed by atoms with E-state index in [2.05, 4.69) is 0 Å². The summed E-state index contributed by atoms with van der Waals surface area (Å²) in [5, 5.41) is 0. The molecule has 0 radical (unpaired) electrons. The predicted octanol–water partition coefficient (Wildman–Crippen LogP) is 2.52. The van der Waals surface area contributed by atoms with Gasteiger partial charge in [0.2, 0.25) is 6.79 Å². The van der Waals surface area contributed by atoms with E-state index in [-0.39, 0.29) is 18.5 Å². The van der Waals surface area contributed by atoms with Crippen LogP contribution in [0, 0.1) is 5.82 Å². The molecule has 2 aromatic rings. The average Bonchev–Trinajstić information content (AvgIpc) is 3.10. The third-order valence-electron chi connectivity index (χ3n) is 4.39. The van der Waals surface area contributed by atoms with Crippen molar-refractivity contribution in [2.75, 3.05) is 37.9 Å². The molecule has 0 N–H and O–H groups in total. The van der Waals surface area contributed by atoms with Crippen molar-refractivity contribution in [3.8, 4) is 11.5 Å². The molecule has 2 aromatic carbocycles. The largest absolute Gasteiger partial charge is 0.454 e. The average molecular weight is 328 g/mol. The SMILES string of the molecule is O=C(c1cccc2c1OCO2)N1CCN(c2ccccc2F)CC1. The first-order valence-electron chi connectivity index (χ1n) is 7.91. The molecule has 2 aliphatic rings. The van der Waals surface area contributed by atoms with Gasteiger partial charge >= 0.3 is 0 Å². The van der Waals surface area contributed by atoms with Gasteiger partial charge in [0.05, 0.1) is 11.3 Å². The summed E-state index contributed by atoms with van der Waals surface area (Å²) in [5.41, 5.74) is 1.10. The van der Waals surface area contributed by atoms with E-state index >= 15 is 0 Å². The lowest BCUT2D eigenvalue weighted by molar-refractivity contribution is 0.0742. The van der Waals surface area contributed by atoms with Crippen LogP contribution in [0.3, 0.4) is 0 Å². The smallest absolute Gasteiger partial charge is 0.257 e. The number of carbonyl (C=O) groups excluding carboxylic acids is 1. The van der Waals surface area contributed by atoms with Crippen LogP contribution >= 0.6 is 0 Å². The molecule has 5 nitrogen and oxygen atoms in total. The summed E-state index contributed by atoms with van der Waals surface area (Å²) in [6.45, 7) is 2.41. The Balaban J connectivity index is 1.48. The van der Waals surface area contributed by atoms with Gasteiger partial charge in [0.1, 0.15) is 5.82 Å². The summed E-state index contributed by atoms with van der Waals surface area (Å²) in [6.07, 6.45) is 0. The fourth-order valence-corrected chi connectivity index (χ4v) is 3.13. The molecule has 2 heterocycles. The summed E-state index contributed by atoms with van der Waals surface area (Å²) in [6, 6.07) is 12.0. The number of rotatable bonds is 2. The van der Waals surface area contributed by atoms with E-state index in [1.54, 1.807) is 35.2 Å². The van der Waals surface area contributed by atoms with Crippen LogP contribution in [-0.2, 0) is 0 Å². The molecule has 24 heavy (non-hydrogen) atoms. The van der Waals surface area contributed by atoms with Gasteiger partial charge in [-0.15, -0.1) is 0 Å². The van der Waals surface area contributed by atoms with Gasteiger partial charge in [0.15, 0.2) is 11.5 Å². The maximum absolute atomic E-state index is 13.9. The molecule has 0 bridgehead atoms. The number of amides is 1. The summed E-state index contributed by atoms with van der Waals surface area (Å²) >= 11 is 0. The number of benzene rings is 2. The Morgan fingerprint density at radius 2 is 1.75 bits per heavy atom. The maximum atomic E-state index is 13.9. The highest BCUT2D eigenvalue weighted by atomic mass is 19.1. The van der Waals surface area contributed by atoms with Gasteiger partial charge < -0.3 is 19.3 Å². The van der Waals surface area contributed by atoms with Crippen molar-refractivity contribution in [2.24, 2.45) is 0 Å². The van der Waals surface area contributed by atoms with Gasteiger partial charge in [0.25, 0.3) is 5.91 Å². The van der Waals surface area contributed by atoms with E-state index in [1.165, 1.54) is 6.07 Å². The molecule has 0 aromatic heterocycles. The first-order chi connectivity index (χ1) is 11.7. The molecule has 1 fully saturated rings. The summed E-state index contributed by atoms with van der Waals surface area (Å²) in [7, 11) is 0. The quantitative estimate of drug-likeness (QED) is 0.849. The summed E-state index contributed by atoms with van der Waals surface area (Å²) < 4.78 is 24.6. The highest BCUT2D eigenvalue weighted by molar-refractivity contribution is 5.98. The van der Waals surface area contributed by atoms with Crippen LogP contribution in [0.25, 0.3) is 0 Å². The summed E-state index contributed by atoms with van der Waals surface area (Å²) in [4.78, 5) is 16.5. The molecule has 124 valence electrons. The lowest BCUT2D eigenvalue weighted by Gasteiger charge is -2.36. The number of ether oxygens (including phenoxy) is 2. The lowest BCUT2D eigenvalue weighted by atomic mass is 10.1. The zero-order valence-electron chi connectivity index (χ0n) is 13.1. The second-order valence-corrected chi connectivity index (χ2v) is 5.77. The molecular formula is C18H17FN2O3. The minimum Gasteiger partial charge on any atom is -0.454 e. The van der Waals surface area contributed by atoms with E-state index in [0.29, 0.717) is 48.9 Å². The standard InChI is InChI=1S/C18H17FN2O3/c19-14-5-1-2-6-15(14)20-8-10-21(11-9-20)18(22)13-4-3-7-16-17(13)24-12-23-16/h1-7H,8-12H2. The molecule has 0 saturated carbocycles. The Morgan fingerprint density at radius 3 is 2.54 bits per heavy atom. The number of hydrogen-bond acceptors (Lipinski definition) is 4. The van der Waals surface area contributed by atoms with Gasteiger partial charge in [-0.1, -0.05) is 18.2 Å². The molecule has 1 amide bonds. The van der Waals surface area contributed by atoms with Crippen LogP contribution in [0.1, 0.15) is 10.4 Å². The van der Waals surface area contributed by atoms with Gasteiger partial charge in [-0.05, 0) is 24.3 Å². The van der Waals surface area contributed by atoms with E-state index in [0.717, 1.165) is 0 Å². The molecule has 1 saturated heterocycles. The molecule has 4 rings (SSSR count). The molecule has 6 heteroatoms. The lowest BCUT2D eigenvalue weighted by Crippen LogP contribution is -2.49. The first-order valence-corrected chi connectivity index (χ1v) is 7.91. The van der Waals surface area contributed by atoms with E-state index in [1.807, 2.05) is 11.0 Å². The van der Waals surface area contributed by atoms with Crippen LogP contribution in [-0.4, -0.2) is 43.8 Å². The maximum Gasteiger partial charge on any atom is 0.257 e. The number of para-hydroxylation sites is 2. The third-order valence-corrected chi connectivity index (χ3v) is 4.39. The van der Waals surface area contributed by atoms with Gasteiger partial charge in [-0.25, -0.2) is 4.39 Å². The van der Waals surface area contributed by atoms with Crippen LogP contribution in [0.2, 0.25) is 0 Å². The van der Waals surface area contributed by atoms with Crippen molar-refractivity contribution in [2.45, 2.75) is 0 Å². The number of nitrogens with zero attached hydrogens (tertiary/aromatic N) is 2. The highest BCUT2D eigenvalue weighted by Gasteiger charge is 2.28. The van der Waals surface area contributed by atoms with Crippen LogP contribution in [0.4, 0.5) is 10.1 Å². The van der Waals surface area contributed by atoms with E-state index in [4.69, 9.17) is 9.47 Å². The van der Waals surface area contributed by atoms with E-state index < -0.39 is 0 Å². The Kier molecular flexibility index (Phi) is 3.72. The Hall–Kier alpha value is -2.76. The van der Waals surface area contributed by atoms with Crippen molar-refractivity contribution in [1.82, 2.24) is 4.90 Å². The Morgan fingerprint density at radius 1 is 0.958 bits per heavy atom. The monoisotopic (exact) mass is 328 g/mol. The molecule has 0 atom stereocenters. The molecular weight excluding hydrogens is 311 g/mol. The number of anilines is 1. The zero-order chi connectivity index (χ0) is 16.5. The van der Waals surface area contributed by atoms with Gasteiger partial charge in [-0.3, -0.25) is 4.79 Å². The van der Waals surface area contributed by atoms with Crippen molar-refractivity contribution in [3.63, 3.8) is 0 Å². The topological polar surface area (TPSA) is 42.0 Å². The fraction of sp³-hybridized carbons (Fsp3) is 0.278. The molecule has 0 aliphatic carbocycles. The number of halogens is 1. The molecule has 0 spiro atoms. The van der Waals surface area contributed by atoms with Crippen molar-refractivity contribution >= 4 is 11.6 Å². The van der Waals surface area contributed by atoms with E-state index in [9.17, 15) is 9.18 Å². The second kappa shape index (κ2) is 6.03. The highest BCUT2D eigenvalue weighted by Crippen LogP contribution is 2.36. The normalized spacial score (nSPS) is 16.4. The molecule has 0 unspecified atom stereocenters. The first kappa shape index (κ1) is 14.8. The van der Waals surface area contributed by atoms with Crippen LogP contribution in [0.15, 0.2) is 42.5 Å². The van der Waals surface area contributed by atoms with Crippen molar-refractivity contribution in [3.05, 3.63) is 53.8 Å². The van der Waals surface area contributed by atoms with Crippen LogP contribution < -0.4 is 14.4 Å². The third kappa shape index (κ3) is 2.54. The number of fused-ring (bicyclic) bond motifs is 1. The minimum atomic E-state index is -0.233. The number of carbonyl (C=O) groups is 1. The van der Waals surface area contributed by atoms with Gasteiger partial charge in [-0.2, -0.15) is 0 Å². The minimum absolute atomic E-state index is 0.0782. The number of hydrogen-bond donors (Lipinski definition) is 0. The molecule has 2 aliphatic heterocycles. The van der Waals surface area contributed by atoms with Crippen molar-refractivity contribution < 1.29 is 18.7 Å². The number of piperazine rings is 1. The Bertz CT molecular complexity index is 773. The second-order valence-electron chi connectivity index (χ2n) is 5.77. The van der Waals surface area contributed by atoms with Gasteiger partial charge in [0, 0.05) is 26.2 Å². The predicted molar refractivity (Wildman–Crippen MR) is 87.1 cm³/mol.